The second kappa shape index (κ2) is 5.22. The van der Waals surface area contributed by atoms with E-state index in [-0.39, 0.29) is 12.4 Å². The second-order valence-electron chi connectivity index (χ2n) is 3.45. The third kappa shape index (κ3) is 2.71. The highest BCUT2D eigenvalue weighted by atomic mass is 79.9. The van der Waals surface area contributed by atoms with Crippen molar-refractivity contribution in [2.45, 2.75) is 6.10 Å². The summed E-state index contributed by atoms with van der Waals surface area (Å²) in [7, 11) is 0. The van der Waals surface area contributed by atoms with Gasteiger partial charge in [0.05, 0.1) is 5.69 Å². The smallest absolute Gasteiger partial charge is 0.132 e. The van der Waals surface area contributed by atoms with Crippen molar-refractivity contribution in [2.75, 3.05) is 6.54 Å². The van der Waals surface area contributed by atoms with E-state index >= 15 is 0 Å². The van der Waals surface area contributed by atoms with Crippen LogP contribution in [0, 0.1) is 5.82 Å². The lowest BCUT2D eigenvalue weighted by atomic mass is 10.1. The highest BCUT2D eigenvalue weighted by Crippen LogP contribution is 2.29. The molecule has 3 N–H and O–H groups in total. The third-order valence-corrected chi connectivity index (χ3v) is 3.67. The molecule has 1 heterocycles. The molecular weight excluding hydrogens is 307 g/mol. The third-order valence-electron chi connectivity index (χ3n) is 2.23. The summed E-state index contributed by atoms with van der Waals surface area (Å²) in [5.74, 6) is -0.340. The van der Waals surface area contributed by atoms with Crippen LogP contribution in [0.1, 0.15) is 11.1 Å². The molecule has 0 saturated heterocycles. The van der Waals surface area contributed by atoms with Crippen LogP contribution >= 0.6 is 27.3 Å². The van der Waals surface area contributed by atoms with Gasteiger partial charge in [-0.1, -0.05) is 15.9 Å². The van der Waals surface area contributed by atoms with Gasteiger partial charge >= 0.3 is 0 Å². The lowest BCUT2D eigenvalue weighted by molar-refractivity contribution is 0.186. The molecule has 6 heteroatoms. The Hall–Kier alpha value is -0.820. The molecule has 1 unspecified atom stereocenters. The largest absolute Gasteiger partial charge is 0.385 e. The number of aliphatic hydroxyl groups excluding tert-OH is 1. The highest BCUT2D eigenvalue weighted by Gasteiger charge is 2.14. The van der Waals surface area contributed by atoms with Crippen LogP contribution in [0.15, 0.2) is 28.1 Å². The number of aliphatic hydroxyl groups is 1. The quantitative estimate of drug-likeness (QED) is 0.915. The van der Waals surface area contributed by atoms with Crippen molar-refractivity contribution in [3.05, 3.63) is 38.9 Å². The van der Waals surface area contributed by atoms with E-state index in [1.54, 1.807) is 17.5 Å². The van der Waals surface area contributed by atoms with Crippen molar-refractivity contribution < 1.29 is 9.50 Å². The molecule has 2 aromatic rings. The Bertz CT molecular complexity index is 532. The van der Waals surface area contributed by atoms with E-state index in [0.717, 1.165) is 4.47 Å². The molecule has 0 fully saturated rings. The monoisotopic (exact) mass is 316 g/mol. The molecule has 0 amide bonds. The van der Waals surface area contributed by atoms with Crippen LogP contribution < -0.4 is 5.73 Å². The van der Waals surface area contributed by atoms with E-state index in [9.17, 15) is 9.50 Å². The van der Waals surface area contributed by atoms with Gasteiger partial charge in [0.1, 0.15) is 16.9 Å². The van der Waals surface area contributed by atoms with Gasteiger partial charge in [-0.15, -0.1) is 11.3 Å². The first-order valence-electron chi connectivity index (χ1n) is 4.91. The summed E-state index contributed by atoms with van der Waals surface area (Å²) in [6.07, 6.45) is -0.788. The highest BCUT2D eigenvalue weighted by molar-refractivity contribution is 9.10. The van der Waals surface area contributed by atoms with Crippen LogP contribution in [0.2, 0.25) is 0 Å². The zero-order valence-electron chi connectivity index (χ0n) is 8.73. The molecule has 0 spiro atoms. The average molecular weight is 317 g/mol. The van der Waals surface area contributed by atoms with E-state index in [4.69, 9.17) is 5.73 Å². The first-order chi connectivity index (χ1) is 8.11. The number of thiazole rings is 1. The van der Waals surface area contributed by atoms with Gasteiger partial charge in [0.25, 0.3) is 0 Å². The SMILES string of the molecule is NCC(O)c1nc(-c2cc(Br)ccc2F)cs1. The van der Waals surface area contributed by atoms with Crippen LogP contribution in [0.3, 0.4) is 0 Å². The second-order valence-corrected chi connectivity index (χ2v) is 5.25. The topological polar surface area (TPSA) is 59.1 Å². The van der Waals surface area contributed by atoms with E-state index in [1.807, 2.05) is 0 Å². The molecular formula is C11H10BrFN2OS. The maximum absolute atomic E-state index is 13.6. The number of aromatic nitrogens is 1. The number of nitrogens with two attached hydrogens (primary N) is 1. The maximum Gasteiger partial charge on any atom is 0.132 e. The number of nitrogens with zero attached hydrogens (tertiary/aromatic N) is 1. The lowest BCUT2D eigenvalue weighted by Gasteiger charge is -2.02. The number of rotatable bonds is 3. The van der Waals surface area contributed by atoms with Crippen molar-refractivity contribution in [1.29, 1.82) is 0 Å². The summed E-state index contributed by atoms with van der Waals surface area (Å²) >= 11 is 4.55. The summed E-state index contributed by atoms with van der Waals surface area (Å²) in [5.41, 5.74) is 6.26. The Labute approximate surface area is 110 Å². The molecule has 2 rings (SSSR count). The van der Waals surface area contributed by atoms with Crippen LogP contribution in [0.4, 0.5) is 4.39 Å². The van der Waals surface area contributed by atoms with E-state index in [1.165, 1.54) is 17.4 Å². The minimum absolute atomic E-state index is 0.105. The standard InChI is InChI=1S/C11H10BrFN2OS/c12-6-1-2-8(13)7(3-6)9-5-17-11(15-9)10(16)4-14/h1-3,5,10,16H,4,14H2. The van der Waals surface area contributed by atoms with Crippen LogP contribution in [-0.2, 0) is 0 Å². The maximum atomic E-state index is 13.6. The summed E-state index contributed by atoms with van der Waals surface area (Å²) < 4.78 is 14.4. The molecule has 0 aliphatic heterocycles. The molecule has 90 valence electrons. The van der Waals surface area contributed by atoms with Crippen molar-refractivity contribution in [3.63, 3.8) is 0 Å². The summed E-state index contributed by atoms with van der Waals surface area (Å²) in [5, 5.41) is 11.7. The van der Waals surface area contributed by atoms with Crippen LogP contribution in [0.5, 0.6) is 0 Å². The summed E-state index contributed by atoms with van der Waals surface area (Å²) in [4.78, 5) is 4.18. The fourth-order valence-electron chi connectivity index (χ4n) is 1.36. The van der Waals surface area contributed by atoms with E-state index < -0.39 is 6.10 Å². The van der Waals surface area contributed by atoms with Gasteiger partial charge < -0.3 is 10.8 Å². The number of hydrogen-bond acceptors (Lipinski definition) is 4. The van der Waals surface area contributed by atoms with Crippen LogP contribution in [0.25, 0.3) is 11.3 Å². The molecule has 0 aliphatic rings. The van der Waals surface area contributed by atoms with Crippen molar-refractivity contribution in [3.8, 4) is 11.3 Å². The van der Waals surface area contributed by atoms with Crippen molar-refractivity contribution >= 4 is 27.3 Å². The molecule has 0 radical (unpaired) electrons. The molecule has 3 nitrogen and oxygen atoms in total. The zero-order valence-corrected chi connectivity index (χ0v) is 11.1. The normalized spacial score (nSPS) is 12.7. The molecule has 1 aromatic heterocycles. The van der Waals surface area contributed by atoms with E-state index in [2.05, 4.69) is 20.9 Å². The van der Waals surface area contributed by atoms with Gasteiger partial charge in [-0.25, -0.2) is 9.37 Å². The first kappa shape index (κ1) is 12.6. The number of hydrogen-bond donors (Lipinski definition) is 2. The van der Waals surface area contributed by atoms with Gasteiger partial charge in [-0.05, 0) is 18.2 Å². The number of benzene rings is 1. The first-order valence-corrected chi connectivity index (χ1v) is 6.58. The van der Waals surface area contributed by atoms with Crippen LogP contribution in [-0.4, -0.2) is 16.6 Å². The van der Waals surface area contributed by atoms with Crippen molar-refractivity contribution in [2.24, 2.45) is 5.73 Å². The molecule has 17 heavy (non-hydrogen) atoms. The van der Waals surface area contributed by atoms with Gasteiger partial charge in [0.15, 0.2) is 0 Å². The number of halogens is 2. The predicted molar refractivity (Wildman–Crippen MR) is 69.2 cm³/mol. The van der Waals surface area contributed by atoms with E-state index in [0.29, 0.717) is 16.3 Å². The zero-order chi connectivity index (χ0) is 12.4. The fourth-order valence-corrected chi connectivity index (χ4v) is 2.54. The summed E-state index contributed by atoms with van der Waals surface area (Å²) in [6, 6.07) is 4.65. The average Bonchev–Trinajstić information content (AvgIpc) is 2.80. The fraction of sp³-hybridized carbons (Fsp3) is 0.182. The Morgan fingerprint density at radius 3 is 3.00 bits per heavy atom. The van der Waals surface area contributed by atoms with Gasteiger partial charge in [-0.3, -0.25) is 0 Å². The molecule has 0 saturated carbocycles. The van der Waals surface area contributed by atoms with Gasteiger partial charge in [-0.2, -0.15) is 0 Å². The van der Waals surface area contributed by atoms with Gasteiger partial charge in [0, 0.05) is 22.0 Å². The minimum atomic E-state index is -0.788. The minimum Gasteiger partial charge on any atom is -0.385 e. The molecule has 0 aliphatic carbocycles. The molecule has 0 bridgehead atoms. The Kier molecular flexibility index (Phi) is 3.88. The Morgan fingerprint density at radius 1 is 1.53 bits per heavy atom. The predicted octanol–water partition coefficient (Wildman–Crippen LogP) is 2.70. The van der Waals surface area contributed by atoms with Crippen molar-refractivity contribution in [1.82, 2.24) is 4.98 Å². The Balaban J connectivity index is 2.40. The molecule has 1 aromatic carbocycles. The lowest BCUT2D eigenvalue weighted by Crippen LogP contribution is -2.11. The van der Waals surface area contributed by atoms with Gasteiger partial charge in [0.2, 0.25) is 0 Å². The summed E-state index contributed by atoms with van der Waals surface area (Å²) in [6.45, 7) is 0.105. The molecule has 1 atom stereocenters. The Morgan fingerprint density at radius 2 is 2.29 bits per heavy atom.